The second-order valence-electron chi connectivity index (χ2n) is 4.31. The van der Waals surface area contributed by atoms with Crippen LogP contribution in [0.3, 0.4) is 0 Å². The van der Waals surface area contributed by atoms with Crippen molar-refractivity contribution in [3.8, 4) is 0 Å². The van der Waals surface area contributed by atoms with Gasteiger partial charge >= 0.3 is 0 Å². The van der Waals surface area contributed by atoms with Gasteiger partial charge in [0.2, 0.25) is 10.0 Å². The molecule has 1 aromatic heterocycles. The zero-order chi connectivity index (χ0) is 14.9. The van der Waals surface area contributed by atoms with E-state index in [9.17, 15) is 12.8 Å². The third-order valence-electron chi connectivity index (χ3n) is 2.70. The van der Waals surface area contributed by atoms with Crippen molar-refractivity contribution in [2.45, 2.75) is 18.4 Å². The van der Waals surface area contributed by atoms with Crippen molar-refractivity contribution in [3.63, 3.8) is 0 Å². The van der Waals surface area contributed by atoms with Crippen LogP contribution in [0.1, 0.15) is 10.7 Å². The fourth-order valence-corrected chi connectivity index (χ4v) is 3.48. The summed E-state index contributed by atoms with van der Waals surface area (Å²) in [6, 6.07) is 3.52. The van der Waals surface area contributed by atoms with Crippen LogP contribution in [0.5, 0.6) is 0 Å². The molecule has 0 amide bonds. The number of thiazole rings is 1. The van der Waals surface area contributed by atoms with Crippen LogP contribution in [-0.4, -0.2) is 24.8 Å². The molecule has 0 saturated heterocycles. The van der Waals surface area contributed by atoms with Gasteiger partial charge in [-0.15, -0.1) is 11.3 Å². The van der Waals surface area contributed by atoms with Crippen molar-refractivity contribution < 1.29 is 12.8 Å². The lowest BCUT2D eigenvalue weighted by atomic mass is 10.3. The summed E-state index contributed by atoms with van der Waals surface area (Å²) in [6.07, 6.45) is 0. The van der Waals surface area contributed by atoms with Gasteiger partial charge in [-0.3, -0.25) is 0 Å². The molecule has 1 aromatic carbocycles. The van der Waals surface area contributed by atoms with E-state index in [1.54, 1.807) is 5.38 Å². The van der Waals surface area contributed by atoms with E-state index < -0.39 is 15.8 Å². The summed E-state index contributed by atoms with van der Waals surface area (Å²) in [5, 5.41) is 2.63. The second-order valence-corrected chi connectivity index (χ2v) is 7.38. The summed E-state index contributed by atoms with van der Waals surface area (Å²) < 4.78 is 39.4. The van der Waals surface area contributed by atoms with Crippen LogP contribution in [0.2, 0.25) is 0 Å². The number of benzene rings is 1. The number of rotatable bonds is 4. The quantitative estimate of drug-likeness (QED) is 0.876. The third-order valence-corrected chi connectivity index (χ3v) is 5.35. The molecule has 0 aliphatic heterocycles. The molecule has 0 bridgehead atoms. The Kier molecular flexibility index (Phi) is 4.07. The Morgan fingerprint density at radius 2 is 2.15 bits per heavy atom. The van der Waals surface area contributed by atoms with Crippen molar-refractivity contribution >= 4 is 27.0 Å². The van der Waals surface area contributed by atoms with E-state index in [1.165, 1.54) is 30.5 Å². The second kappa shape index (κ2) is 5.47. The van der Waals surface area contributed by atoms with Gasteiger partial charge in [0, 0.05) is 18.1 Å². The van der Waals surface area contributed by atoms with Crippen LogP contribution in [0.4, 0.5) is 10.1 Å². The van der Waals surface area contributed by atoms with E-state index in [4.69, 9.17) is 5.73 Å². The topological polar surface area (TPSA) is 76.3 Å². The van der Waals surface area contributed by atoms with Gasteiger partial charge < -0.3 is 5.73 Å². The van der Waals surface area contributed by atoms with Crippen LogP contribution >= 0.6 is 11.3 Å². The Balaban J connectivity index is 2.29. The summed E-state index contributed by atoms with van der Waals surface area (Å²) in [6.45, 7) is 1.93. The first-order valence-corrected chi connectivity index (χ1v) is 8.05. The molecule has 0 aliphatic carbocycles. The van der Waals surface area contributed by atoms with Gasteiger partial charge in [0.15, 0.2) is 0 Å². The van der Waals surface area contributed by atoms with E-state index in [0.29, 0.717) is 5.69 Å². The fraction of sp³-hybridized carbons (Fsp3) is 0.250. The van der Waals surface area contributed by atoms with Crippen molar-refractivity contribution in [2.24, 2.45) is 0 Å². The lowest BCUT2D eigenvalue weighted by Gasteiger charge is -2.16. The number of sulfonamides is 1. The molecule has 0 atom stereocenters. The number of hydrogen-bond donors (Lipinski definition) is 1. The fourth-order valence-electron chi connectivity index (χ4n) is 1.69. The molecule has 5 nitrogen and oxygen atoms in total. The normalized spacial score (nSPS) is 12.0. The minimum absolute atomic E-state index is 0.0937. The number of aromatic nitrogens is 1. The monoisotopic (exact) mass is 315 g/mol. The maximum Gasteiger partial charge on any atom is 0.246 e. The predicted molar refractivity (Wildman–Crippen MR) is 76.3 cm³/mol. The first kappa shape index (κ1) is 14.9. The van der Waals surface area contributed by atoms with Gasteiger partial charge in [-0.2, -0.15) is 4.31 Å². The standard InChI is InChI=1S/C12H14FN3O2S2/c1-8-15-10(7-19-8)6-16(2)20(17,18)12-4-3-9(14)5-11(12)13/h3-5,7H,6,14H2,1-2H3. The molecule has 2 aromatic rings. The zero-order valence-corrected chi connectivity index (χ0v) is 12.6. The lowest BCUT2D eigenvalue weighted by molar-refractivity contribution is 0.456. The van der Waals surface area contributed by atoms with Crippen LogP contribution < -0.4 is 5.73 Å². The van der Waals surface area contributed by atoms with Crippen LogP contribution in [0.15, 0.2) is 28.5 Å². The maximum atomic E-state index is 13.7. The molecule has 0 radical (unpaired) electrons. The molecule has 0 aliphatic rings. The lowest BCUT2D eigenvalue weighted by Crippen LogP contribution is -2.27. The molecular weight excluding hydrogens is 301 g/mol. The number of anilines is 1. The van der Waals surface area contributed by atoms with Gasteiger partial charge in [-0.25, -0.2) is 17.8 Å². The Morgan fingerprint density at radius 1 is 1.45 bits per heavy atom. The van der Waals surface area contributed by atoms with Crippen molar-refractivity contribution in [3.05, 3.63) is 40.1 Å². The Bertz CT molecular complexity index is 728. The average Bonchev–Trinajstić information content (AvgIpc) is 2.74. The molecule has 1 heterocycles. The summed E-state index contributed by atoms with van der Waals surface area (Å²) in [5.74, 6) is -0.855. The van der Waals surface area contributed by atoms with Crippen molar-refractivity contribution in [2.75, 3.05) is 12.8 Å². The number of halogens is 1. The smallest absolute Gasteiger partial charge is 0.246 e. The van der Waals surface area contributed by atoms with E-state index in [0.717, 1.165) is 15.4 Å². The average molecular weight is 315 g/mol. The largest absolute Gasteiger partial charge is 0.399 e. The van der Waals surface area contributed by atoms with Gasteiger partial charge in [0.05, 0.1) is 17.2 Å². The Labute approximate surface area is 120 Å². The highest BCUT2D eigenvalue weighted by Crippen LogP contribution is 2.22. The zero-order valence-electron chi connectivity index (χ0n) is 11.0. The van der Waals surface area contributed by atoms with Crippen molar-refractivity contribution in [1.29, 1.82) is 0 Å². The highest BCUT2D eigenvalue weighted by molar-refractivity contribution is 7.89. The van der Waals surface area contributed by atoms with Gasteiger partial charge in [-0.1, -0.05) is 0 Å². The number of nitrogen functional groups attached to an aromatic ring is 1. The molecule has 20 heavy (non-hydrogen) atoms. The maximum absolute atomic E-state index is 13.7. The van der Waals surface area contributed by atoms with E-state index in [2.05, 4.69) is 4.98 Å². The molecule has 108 valence electrons. The van der Waals surface area contributed by atoms with Crippen LogP contribution in [0, 0.1) is 12.7 Å². The first-order chi connectivity index (χ1) is 9.30. The van der Waals surface area contributed by atoms with E-state index in [1.807, 2.05) is 6.92 Å². The van der Waals surface area contributed by atoms with Crippen LogP contribution in [0.25, 0.3) is 0 Å². The molecule has 2 rings (SSSR count). The predicted octanol–water partition coefficient (Wildman–Crippen LogP) is 1.99. The molecule has 0 saturated carbocycles. The van der Waals surface area contributed by atoms with Crippen molar-refractivity contribution in [1.82, 2.24) is 9.29 Å². The highest BCUT2D eigenvalue weighted by atomic mass is 32.2. The minimum atomic E-state index is -3.91. The Hall–Kier alpha value is -1.51. The van der Waals surface area contributed by atoms with E-state index in [-0.39, 0.29) is 17.1 Å². The SMILES string of the molecule is Cc1nc(CN(C)S(=O)(=O)c2ccc(N)cc2F)cs1. The molecule has 0 fully saturated rings. The summed E-state index contributed by atoms with van der Waals surface area (Å²) in [4.78, 5) is 3.81. The molecular formula is C12H14FN3O2S2. The van der Waals surface area contributed by atoms with Gasteiger partial charge in [-0.05, 0) is 25.1 Å². The summed E-state index contributed by atoms with van der Waals surface area (Å²) in [7, 11) is -2.52. The molecule has 0 unspecified atom stereocenters. The van der Waals surface area contributed by atoms with Gasteiger partial charge in [0.1, 0.15) is 10.7 Å². The summed E-state index contributed by atoms with van der Waals surface area (Å²) >= 11 is 1.43. The first-order valence-electron chi connectivity index (χ1n) is 5.73. The number of nitrogens with two attached hydrogens (primary N) is 1. The number of hydrogen-bond acceptors (Lipinski definition) is 5. The number of nitrogens with zero attached hydrogens (tertiary/aromatic N) is 2. The summed E-state index contributed by atoms with van der Waals surface area (Å²) in [5.41, 5.74) is 6.23. The third kappa shape index (κ3) is 2.97. The van der Waals surface area contributed by atoms with Gasteiger partial charge in [0.25, 0.3) is 0 Å². The number of aryl methyl sites for hydroxylation is 1. The van der Waals surface area contributed by atoms with Crippen LogP contribution in [-0.2, 0) is 16.6 Å². The molecule has 2 N–H and O–H groups in total. The molecule has 0 spiro atoms. The van der Waals surface area contributed by atoms with E-state index >= 15 is 0 Å². The molecule has 8 heteroatoms. The highest BCUT2D eigenvalue weighted by Gasteiger charge is 2.25. The minimum Gasteiger partial charge on any atom is -0.399 e. The Morgan fingerprint density at radius 3 is 2.70 bits per heavy atom.